The first-order valence-corrected chi connectivity index (χ1v) is 13.0. The molecule has 2 aromatic carbocycles. The Balaban J connectivity index is 1.22. The summed E-state index contributed by atoms with van der Waals surface area (Å²) in [6.07, 6.45) is 5.50. The smallest absolute Gasteiger partial charge is 0.165 e. The zero-order valence-electron chi connectivity index (χ0n) is 20.5. The van der Waals surface area contributed by atoms with Crippen molar-refractivity contribution < 1.29 is 18.6 Å². The van der Waals surface area contributed by atoms with E-state index in [2.05, 4.69) is 10.1 Å². The van der Waals surface area contributed by atoms with Gasteiger partial charge < -0.3 is 14.7 Å². The summed E-state index contributed by atoms with van der Waals surface area (Å²) in [6.45, 7) is 2.33. The molecule has 6 nitrogen and oxygen atoms in total. The molecular weight excluding hydrogens is 533 g/mol. The molecule has 4 aromatic rings. The molecule has 0 spiro atoms. The lowest BCUT2D eigenvalue weighted by Crippen LogP contribution is -2.60. The Morgan fingerprint density at radius 1 is 1.11 bits per heavy atom. The van der Waals surface area contributed by atoms with Crippen molar-refractivity contribution in [2.45, 2.75) is 37.9 Å². The summed E-state index contributed by atoms with van der Waals surface area (Å²) in [5, 5.41) is 16.3. The Labute approximate surface area is 228 Å². The second-order valence-electron chi connectivity index (χ2n) is 9.91. The Morgan fingerprint density at radius 2 is 1.89 bits per heavy atom. The molecule has 0 unspecified atom stereocenters. The number of hydrogen-bond acceptors (Lipinski definition) is 5. The van der Waals surface area contributed by atoms with E-state index in [1.165, 1.54) is 30.5 Å². The average molecular weight is 557 g/mol. The highest BCUT2D eigenvalue weighted by Crippen LogP contribution is 2.43. The minimum Gasteiger partial charge on any atom is -0.487 e. The molecule has 6 rings (SSSR count). The summed E-state index contributed by atoms with van der Waals surface area (Å²) < 4.78 is 35.8. The predicted molar refractivity (Wildman–Crippen MR) is 141 cm³/mol. The number of nitrogens with zero attached hydrogens (tertiary/aromatic N) is 4. The van der Waals surface area contributed by atoms with Crippen LogP contribution in [0, 0.1) is 18.6 Å². The van der Waals surface area contributed by atoms with Gasteiger partial charge in [-0.05, 0) is 67.6 Å². The molecule has 0 radical (unpaired) electrons. The van der Waals surface area contributed by atoms with Gasteiger partial charge in [-0.3, -0.25) is 0 Å². The van der Waals surface area contributed by atoms with Crippen LogP contribution < -0.4 is 9.64 Å². The van der Waals surface area contributed by atoms with E-state index in [9.17, 15) is 13.9 Å². The minimum atomic E-state index is -1.23. The maximum atomic E-state index is 14.1. The molecule has 38 heavy (non-hydrogen) atoms. The van der Waals surface area contributed by atoms with E-state index in [0.29, 0.717) is 33.5 Å². The van der Waals surface area contributed by atoms with E-state index in [1.807, 2.05) is 6.20 Å². The van der Waals surface area contributed by atoms with Gasteiger partial charge in [-0.25, -0.2) is 18.4 Å². The molecule has 2 aliphatic rings. The van der Waals surface area contributed by atoms with Crippen LogP contribution in [0.5, 0.6) is 5.75 Å². The van der Waals surface area contributed by atoms with E-state index in [0.717, 1.165) is 24.1 Å². The normalized spacial score (nSPS) is 16.4. The highest BCUT2D eigenvalue weighted by atomic mass is 35.5. The van der Waals surface area contributed by atoms with Crippen LogP contribution in [0.2, 0.25) is 10.0 Å². The van der Waals surface area contributed by atoms with Crippen molar-refractivity contribution in [3.05, 3.63) is 98.9 Å². The molecule has 2 aromatic heterocycles. The predicted octanol–water partition coefficient (Wildman–Crippen LogP) is 6.32. The van der Waals surface area contributed by atoms with Gasteiger partial charge in [-0.15, -0.1) is 0 Å². The van der Waals surface area contributed by atoms with E-state index >= 15 is 0 Å². The van der Waals surface area contributed by atoms with Gasteiger partial charge in [0.1, 0.15) is 23.8 Å². The number of aryl methyl sites for hydroxylation is 1. The summed E-state index contributed by atoms with van der Waals surface area (Å²) in [4.78, 5) is 5.73. The Hall–Kier alpha value is -3.20. The number of β-amino-alcohol motifs (C(OH)–C–C–N with tert-alkyl or cyclic N) is 1. The number of aliphatic hydroxyl groups is 1. The molecule has 10 heteroatoms. The van der Waals surface area contributed by atoms with Crippen LogP contribution in [-0.2, 0) is 12.2 Å². The van der Waals surface area contributed by atoms with Crippen molar-refractivity contribution in [2.24, 2.45) is 0 Å². The van der Waals surface area contributed by atoms with Crippen molar-refractivity contribution in [1.29, 1.82) is 0 Å². The van der Waals surface area contributed by atoms with Crippen molar-refractivity contribution in [1.82, 2.24) is 14.8 Å². The summed E-state index contributed by atoms with van der Waals surface area (Å²) in [5.74, 6) is 0.289. The quantitative estimate of drug-likeness (QED) is 0.288. The van der Waals surface area contributed by atoms with E-state index in [1.54, 1.807) is 34.7 Å². The summed E-state index contributed by atoms with van der Waals surface area (Å²) in [5.41, 5.74) is 2.52. The van der Waals surface area contributed by atoms with Crippen molar-refractivity contribution >= 4 is 29.0 Å². The third-order valence-electron chi connectivity index (χ3n) is 7.11. The number of anilines is 1. The molecule has 0 amide bonds. The Morgan fingerprint density at radius 3 is 2.58 bits per heavy atom. The molecule has 0 atom stereocenters. The number of hydrogen-bond donors (Lipinski definition) is 1. The maximum absolute atomic E-state index is 14.1. The lowest BCUT2D eigenvalue weighted by molar-refractivity contribution is 0.00672. The van der Waals surface area contributed by atoms with Gasteiger partial charge in [-0.2, -0.15) is 5.10 Å². The van der Waals surface area contributed by atoms with E-state index in [-0.39, 0.29) is 30.5 Å². The highest BCUT2D eigenvalue weighted by molar-refractivity contribution is 6.32. The van der Waals surface area contributed by atoms with Gasteiger partial charge in [0.2, 0.25) is 0 Å². The number of aromatic nitrogens is 3. The van der Waals surface area contributed by atoms with E-state index < -0.39 is 17.2 Å². The first-order chi connectivity index (χ1) is 18.2. The van der Waals surface area contributed by atoms with Crippen molar-refractivity contribution in [2.75, 3.05) is 18.0 Å². The fourth-order valence-electron chi connectivity index (χ4n) is 5.05. The second kappa shape index (κ2) is 9.52. The van der Waals surface area contributed by atoms with Gasteiger partial charge in [0, 0.05) is 17.3 Å². The Kier molecular flexibility index (Phi) is 6.29. The molecule has 196 valence electrons. The van der Waals surface area contributed by atoms with Crippen LogP contribution in [0.25, 0.3) is 5.69 Å². The van der Waals surface area contributed by atoms with Gasteiger partial charge in [-0.1, -0.05) is 29.3 Å². The zero-order chi connectivity index (χ0) is 26.6. The maximum Gasteiger partial charge on any atom is 0.165 e. The molecule has 0 bridgehead atoms. The van der Waals surface area contributed by atoms with Gasteiger partial charge >= 0.3 is 0 Å². The number of ether oxygens (including phenoxy) is 1. The first kappa shape index (κ1) is 25.1. The molecule has 2 fully saturated rings. The largest absolute Gasteiger partial charge is 0.487 e. The number of rotatable bonds is 7. The minimum absolute atomic E-state index is 0.169. The Bertz CT molecular complexity index is 1510. The SMILES string of the molecule is Cc1cc(F)cc(Cl)c1-n1ncc(C2CC2)c1COc1ccc(C2(O)CN(c3ncccc3F)C2)c(Cl)c1. The number of benzene rings is 2. The monoisotopic (exact) mass is 556 g/mol. The van der Waals surface area contributed by atoms with Crippen LogP contribution in [0.3, 0.4) is 0 Å². The van der Waals surface area contributed by atoms with Crippen molar-refractivity contribution in [3.8, 4) is 11.4 Å². The molecule has 1 aliphatic carbocycles. The van der Waals surface area contributed by atoms with E-state index in [4.69, 9.17) is 27.9 Å². The second-order valence-corrected chi connectivity index (χ2v) is 10.7. The number of halogens is 4. The molecule has 1 aliphatic heterocycles. The fourth-order valence-corrected chi connectivity index (χ4v) is 5.73. The lowest BCUT2D eigenvalue weighted by atomic mass is 9.86. The molecule has 1 saturated heterocycles. The lowest BCUT2D eigenvalue weighted by Gasteiger charge is -2.47. The van der Waals surface area contributed by atoms with Crippen LogP contribution in [-0.4, -0.2) is 33.0 Å². The topological polar surface area (TPSA) is 63.4 Å². The van der Waals surface area contributed by atoms with Crippen molar-refractivity contribution in [3.63, 3.8) is 0 Å². The third-order valence-corrected chi connectivity index (χ3v) is 7.71. The fraction of sp³-hybridized carbons (Fsp3) is 0.286. The van der Waals surface area contributed by atoms with Crippen LogP contribution in [0.4, 0.5) is 14.6 Å². The highest BCUT2D eigenvalue weighted by Gasteiger charge is 2.45. The van der Waals surface area contributed by atoms with Crippen LogP contribution in [0.1, 0.15) is 41.1 Å². The van der Waals surface area contributed by atoms with Crippen LogP contribution in [0.15, 0.2) is 54.9 Å². The zero-order valence-corrected chi connectivity index (χ0v) is 22.0. The molecule has 1 saturated carbocycles. The molecular formula is C28H24Cl2F2N4O2. The van der Waals surface area contributed by atoms with Gasteiger partial charge in [0.25, 0.3) is 0 Å². The first-order valence-electron chi connectivity index (χ1n) is 12.3. The molecule has 1 N–H and O–H groups in total. The summed E-state index contributed by atoms with van der Waals surface area (Å²) >= 11 is 13.0. The average Bonchev–Trinajstić information content (AvgIpc) is 3.61. The summed E-state index contributed by atoms with van der Waals surface area (Å²) in [6, 6.07) is 10.7. The van der Waals surface area contributed by atoms with Crippen LogP contribution >= 0.6 is 23.2 Å². The van der Waals surface area contributed by atoms with Gasteiger partial charge in [0.15, 0.2) is 11.6 Å². The standard InChI is InChI=1S/C28H24Cl2F2N4O2/c1-16-9-18(31)10-23(30)26(16)36-25(20(12-34-36)17-4-5-17)13-38-19-6-7-21(22(29)11-19)28(37)14-35(15-28)27-24(32)3-2-8-33-27/h2-3,6-12,17,37H,4-5,13-15H2,1H3. The molecule has 3 heterocycles. The number of pyridine rings is 1. The summed E-state index contributed by atoms with van der Waals surface area (Å²) in [7, 11) is 0. The van der Waals surface area contributed by atoms with Gasteiger partial charge in [0.05, 0.1) is 40.7 Å². The third kappa shape index (κ3) is 4.51.